The minimum Gasteiger partial charge on any atom is -0.392 e. The van der Waals surface area contributed by atoms with Crippen LogP contribution in [0.2, 0.25) is 0 Å². The van der Waals surface area contributed by atoms with Crippen LogP contribution in [0.4, 0.5) is 0 Å². The average molecular weight is 166 g/mol. The first-order valence-corrected chi connectivity index (χ1v) is 3.78. The van der Waals surface area contributed by atoms with Crippen LogP contribution in [0.3, 0.4) is 0 Å². The van der Waals surface area contributed by atoms with E-state index in [2.05, 4.69) is 0 Å². The second-order valence-electron chi connectivity index (χ2n) is 2.52. The molecule has 0 spiro atoms. The van der Waals surface area contributed by atoms with Gasteiger partial charge in [0.05, 0.1) is 6.61 Å². The largest absolute Gasteiger partial charge is 0.392 e. The minimum absolute atomic E-state index is 0.0482. The van der Waals surface area contributed by atoms with E-state index in [1.54, 1.807) is 25.2 Å². The number of carbonyl (C=O) groups is 1. The first-order valence-electron chi connectivity index (χ1n) is 3.78. The number of carbonyl (C=O) groups excluding carboxylic acids is 1. The van der Waals surface area contributed by atoms with E-state index in [1.165, 1.54) is 0 Å². The van der Waals surface area contributed by atoms with Gasteiger partial charge in [0.1, 0.15) is 6.29 Å². The number of allylic oxidation sites excluding steroid dienone is 5. The lowest BCUT2D eigenvalue weighted by Gasteiger charge is -1.87. The molecular formula is C10H14O2. The molecule has 1 N–H and O–H groups in total. The lowest BCUT2D eigenvalue weighted by atomic mass is 10.2. The van der Waals surface area contributed by atoms with Crippen LogP contribution in [0.5, 0.6) is 0 Å². The Kier molecular flexibility index (Phi) is 5.93. The normalized spacial score (nSPS) is 13.9. The van der Waals surface area contributed by atoms with Crippen LogP contribution >= 0.6 is 0 Å². The molecule has 0 unspecified atom stereocenters. The molecule has 0 aliphatic heterocycles. The van der Waals surface area contributed by atoms with Crippen LogP contribution in [-0.4, -0.2) is 18.0 Å². The number of rotatable bonds is 4. The fourth-order valence-corrected chi connectivity index (χ4v) is 0.603. The van der Waals surface area contributed by atoms with Crippen molar-refractivity contribution in [1.82, 2.24) is 0 Å². The van der Waals surface area contributed by atoms with Crippen molar-refractivity contribution in [2.24, 2.45) is 0 Å². The number of hydrogen-bond donors (Lipinski definition) is 1. The molecule has 0 radical (unpaired) electrons. The highest BCUT2D eigenvalue weighted by Gasteiger charge is 1.80. The second kappa shape index (κ2) is 6.55. The van der Waals surface area contributed by atoms with E-state index in [9.17, 15) is 4.79 Å². The van der Waals surface area contributed by atoms with Crippen LogP contribution < -0.4 is 0 Å². The summed E-state index contributed by atoms with van der Waals surface area (Å²) < 4.78 is 0. The van der Waals surface area contributed by atoms with Crippen LogP contribution in [0.15, 0.2) is 35.5 Å². The van der Waals surface area contributed by atoms with Gasteiger partial charge in [-0.2, -0.15) is 0 Å². The standard InChI is InChI=1S/C10H14O2/c1-9(6-7-11)4-3-5-10(2)8-12/h3-6,8,11H,7H2,1-2H3. The average Bonchev–Trinajstić information content (AvgIpc) is 2.04. The summed E-state index contributed by atoms with van der Waals surface area (Å²) in [5, 5.41) is 8.51. The van der Waals surface area contributed by atoms with Crippen LogP contribution in [0, 0.1) is 0 Å². The lowest BCUT2D eigenvalue weighted by Crippen LogP contribution is -1.76. The quantitative estimate of drug-likeness (QED) is 0.391. The zero-order valence-corrected chi connectivity index (χ0v) is 7.45. The fourth-order valence-electron chi connectivity index (χ4n) is 0.603. The number of aliphatic hydroxyl groups excluding tert-OH is 1. The number of aliphatic hydroxyl groups is 1. The maximum Gasteiger partial charge on any atom is 0.145 e. The highest BCUT2D eigenvalue weighted by atomic mass is 16.2. The van der Waals surface area contributed by atoms with E-state index in [4.69, 9.17) is 5.11 Å². The molecular weight excluding hydrogens is 152 g/mol. The van der Waals surface area contributed by atoms with Crippen LogP contribution in [0.1, 0.15) is 13.8 Å². The molecule has 66 valence electrons. The van der Waals surface area contributed by atoms with Crippen molar-refractivity contribution >= 4 is 6.29 Å². The Morgan fingerprint density at radius 1 is 1.33 bits per heavy atom. The van der Waals surface area contributed by atoms with Gasteiger partial charge in [0.15, 0.2) is 0 Å². The Bertz CT molecular complexity index is 222. The molecule has 0 rings (SSSR count). The summed E-state index contributed by atoms with van der Waals surface area (Å²) >= 11 is 0. The summed E-state index contributed by atoms with van der Waals surface area (Å²) in [6.45, 7) is 3.67. The molecule has 0 amide bonds. The van der Waals surface area contributed by atoms with Gasteiger partial charge in [-0.25, -0.2) is 0 Å². The summed E-state index contributed by atoms with van der Waals surface area (Å²) in [5.41, 5.74) is 1.66. The Labute approximate surface area is 72.9 Å². The first kappa shape index (κ1) is 10.8. The van der Waals surface area contributed by atoms with E-state index in [-0.39, 0.29) is 6.61 Å². The van der Waals surface area contributed by atoms with Crippen LogP contribution in [0.25, 0.3) is 0 Å². The number of hydrogen-bond acceptors (Lipinski definition) is 2. The highest BCUT2D eigenvalue weighted by Crippen LogP contribution is 1.95. The molecule has 0 fully saturated rings. The maximum atomic E-state index is 10.1. The van der Waals surface area contributed by atoms with Gasteiger partial charge in [-0.15, -0.1) is 0 Å². The van der Waals surface area contributed by atoms with E-state index in [1.807, 2.05) is 13.0 Å². The van der Waals surface area contributed by atoms with E-state index >= 15 is 0 Å². The molecule has 0 atom stereocenters. The summed E-state index contributed by atoms with van der Waals surface area (Å²) in [5.74, 6) is 0. The topological polar surface area (TPSA) is 37.3 Å². The Hall–Kier alpha value is -1.15. The van der Waals surface area contributed by atoms with Crippen LogP contribution in [-0.2, 0) is 4.79 Å². The monoisotopic (exact) mass is 166 g/mol. The summed E-state index contributed by atoms with van der Waals surface area (Å²) in [6.07, 6.45) is 7.84. The molecule has 0 aliphatic rings. The van der Waals surface area contributed by atoms with E-state index in [0.717, 1.165) is 11.9 Å². The van der Waals surface area contributed by atoms with Gasteiger partial charge in [0.25, 0.3) is 0 Å². The Morgan fingerprint density at radius 3 is 2.50 bits per heavy atom. The molecule has 2 heteroatoms. The molecule has 0 aromatic heterocycles. The van der Waals surface area contributed by atoms with Gasteiger partial charge in [-0.05, 0) is 19.4 Å². The summed E-state index contributed by atoms with van der Waals surface area (Å²) in [6, 6.07) is 0. The molecule has 2 nitrogen and oxygen atoms in total. The summed E-state index contributed by atoms with van der Waals surface area (Å²) in [7, 11) is 0. The fraction of sp³-hybridized carbons (Fsp3) is 0.300. The molecule has 0 aliphatic carbocycles. The number of aldehydes is 1. The third kappa shape index (κ3) is 5.62. The van der Waals surface area contributed by atoms with Gasteiger partial charge in [0.2, 0.25) is 0 Å². The first-order chi connectivity index (χ1) is 5.70. The molecule has 0 aromatic rings. The third-order valence-electron chi connectivity index (χ3n) is 1.32. The van der Waals surface area contributed by atoms with Gasteiger partial charge >= 0.3 is 0 Å². The molecule has 0 saturated heterocycles. The van der Waals surface area contributed by atoms with Gasteiger partial charge in [-0.3, -0.25) is 4.79 Å². The molecule has 0 heterocycles. The predicted octanol–water partition coefficient (Wildman–Crippen LogP) is 1.63. The zero-order valence-electron chi connectivity index (χ0n) is 7.45. The summed E-state index contributed by atoms with van der Waals surface area (Å²) in [4.78, 5) is 10.1. The van der Waals surface area contributed by atoms with E-state index < -0.39 is 0 Å². The van der Waals surface area contributed by atoms with Gasteiger partial charge in [0, 0.05) is 0 Å². The van der Waals surface area contributed by atoms with Crippen molar-refractivity contribution in [2.45, 2.75) is 13.8 Å². The van der Waals surface area contributed by atoms with E-state index in [0.29, 0.717) is 5.57 Å². The molecule has 0 bridgehead atoms. The van der Waals surface area contributed by atoms with Crippen molar-refractivity contribution in [1.29, 1.82) is 0 Å². The lowest BCUT2D eigenvalue weighted by molar-refractivity contribution is -0.104. The van der Waals surface area contributed by atoms with Crippen molar-refractivity contribution in [2.75, 3.05) is 6.61 Å². The molecule has 12 heavy (non-hydrogen) atoms. The molecule has 0 saturated carbocycles. The second-order valence-corrected chi connectivity index (χ2v) is 2.52. The van der Waals surface area contributed by atoms with Crippen molar-refractivity contribution in [3.05, 3.63) is 35.5 Å². The van der Waals surface area contributed by atoms with Gasteiger partial charge in [-0.1, -0.05) is 29.9 Å². The Balaban J connectivity index is 4.08. The SMILES string of the molecule is CC(C=O)=CC=CC(C)=CCO. The minimum atomic E-state index is 0.0482. The highest BCUT2D eigenvalue weighted by molar-refractivity contribution is 5.72. The maximum absolute atomic E-state index is 10.1. The van der Waals surface area contributed by atoms with Gasteiger partial charge < -0.3 is 5.11 Å². The molecule has 0 aromatic carbocycles. The third-order valence-corrected chi connectivity index (χ3v) is 1.32. The van der Waals surface area contributed by atoms with Crippen molar-refractivity contribution in [3.63, 3.8) is 0 Å². The van der Waals surface area contributed by atoms with Crippen molar-refractivity contribution < 1.29 is 9.90 Å². The predicted molar refractivity (Wildman–Crippen MR) is 49.8 cm³/mol. The zero-order chi connectivity index (χ0) is 9.40. The Morgan fingerprint density at radius 2 is 2.00 bits per heavy atom. The smallest absolute Gasteiger partial charge is 0.145 e. The van der Waals surface area contributed by atoms with Crippen molar-refractivity contribution in [3.8, 4) is 0 Å².